The maximum Gasteiger partial charge on any atom is 0.251 e. The van der Waals surface area contributed by atoms with Gasteiger partial charge in [-0.05, 0) is 45.0 Å². The highest BCUT2D eigenvalue weighted by atomic mass is 32.2. The number of para-hydroxylation sites is 2. The third kappa shape index (κ3) is 5.99. The number of anilines is 1. The van der Waals surface area contributed by atoms with Gasteiger partial charge in [-0.1, -0.05) is 29.8 Å². The molecule has 1 amide bonds. The number of carbonyl (C=O) groups is 1. The Balaban J connectivity index is 2.14. The maximum absolute atomic E-state index is 12.3. The third-order valence-corrected chi connectivity index (χ3v) is 4.96. The summed E-state index contributed by atoms with van der Waals surface area (Å²) in [5.74, 6) is 0.252. The number of benzene rings is 2. The Labute approximate surface area is 161 Å². The molecule has 27 heavy (non-hydrogen) atoms. The number of hydrogen-bond acceptors (Lipinski definition) is 4. The third-order valence-electron chi connectivity index (χ3n) is 3.78. The first kappa shape index (κ1) is 20.8. The minimum absolute atomic E-state index is 0.0893. The Hall–Kier alpha value is -2.54. The number of amides is 1. The normalized spacial score (nSPS) is 11.3. The van der Waals surface area contributed by atoms with Crippen LogP contribution in [0.3, 0.4) is 0 Å². The van der Waals surface area contributed by atoms with Crippen LogP contribution < -0.4 is 14.4 Å². The molecule has 7 heteroatoms. The second-order valence-electron chi connectivity index (χ2n) is 6.59. The van der Waals surface area contributed by atoms with Crippen LogP contribution in [0.15, 0.2) is 48.5 Å². The van der Waals surface area contributed by atoms with Crippen molar-refractivity contribution in [3.63, 3.8) is 0 Å². The lowest BCUT2D eigenvalue weighted by molar-refractivity contribution is 0.0954. The first-order valence-corrected chi connectivity index (χ1v) is 10.6. The second-order valence-corrected chi connectivity index (χ2v) is 8.50. The summed E-state index contributed by atoms with van der Waals surface area (Å²) >= 11 is 0. The van der Waals surface area contributed by atoms with Crippen LogP contribution in [-0.2, 0) is 10.0 Å². The van der Waals surface area contributed by atoms with Crippen LogP contribution in [0, 0.1) is 6.92 Å². The molecule has 2 aromatic carbocycles. The number of sulfonamides is 1. The van der Waals surface area contributed by atoms with Gasteiger partial charge in [0, 0.05) is 12.1 Å². The van der Waals surface area contributed by atoms with Gasteiger partial charge in [-0.25, -0.2) is 8.42 Å². The van der Waals surface area contributed by atoms with E-state index in [0.717, 1.165) is 11.8 Å². The predicted octanol–water partition coefficient (Wildman–Crippen LogP) is 2.98. The molecule has 0 heterocycles. The van der Waals surface area contributed by atoms with E-state index >= 15 is 0 Å². The van der Waals surface area contributed by atoms with E-state index in [1.54, 1.807) is 36.4 Å². The minimum atomic E-state index is -3.54. The number of hydrogen-bond donors (Lipinski definition) is 1. The molecule has 0 aliphatic carbocycles. The zero-order chi connectivity index (χ0) is 20.0. The summed E-state index contributed by atoms with van der Waals surface area (Å²) in [4.78, 5) is 12.3. The summed E-state index contributed by atoms with van der Waals surface area (Å²) in [6, 6.07) is 14.2. The van der Waals surface area contributed by atoms with Gasteiger partial charge in [0.2, 0.25) is 10.0 Å². The fourth-order valence-electron chi connectivity index (χ4n) is 2.64. The lowest BCUT2D eigenvalue weighted by Crippen LogP contribution is -2.38. The largest absolute Gasteiger partial charge is 0.489 e. The molecule has 0 aliphatic heterocycles. The minimum Gasteiger partial charge on any atom is -0.489 e. The SMILES string of the molecule is Cc1cccc(C(=O)NCCN(c2ccccc2OC(C)C)S(C)(=O)=O)c1. The van der Waals surface area contributed by atoms with Crippen LogP contribution in [0.1, 0.15) is 29.8 Å². The average molecular weight is 391 g/mol. The van der Waals surface area contributed by atoms with Gasteiger partial charge in [-0.15, -0.1) is 0 Å². The molecule has 2 rings (SSSR count). The molecule has 0 atom stereocenters. The first-order chi connectivity index (χ1) is 12.7. The fourth-order valence-corrected chi connectivity index (χ4v) is 3.57. The Morgan fingerprint density at radius 1 is 1.15 bits per heavy atom. The van der Waals surface area contributed by atoms with E-state index in [0.29, 0.717) is 17.0 Å². The van der Waals surface area contributed by atoms with E-state index in [1.165, 1.54) is 4.31 Å². The second kappa shape index (κ2) is 8.90. The Morgan fingerprint density at radius 2 is 1.85 bits per heavy atom. The summed E-state index contributed by atoms with van der Waals surface area (Å²) in [5, 5.41) is 2.77. The highest BCUT2D eigenvalue weighted by Gasteiger charge is 2.21. The Kier molecular flexibility index (Phi) is 6.85. The maximum atomic E-state index is 12.3. The zero-order valence-corrected chi connectivity index (χ0v) is 16.9. The van der Waals surface area contributed by atoms with Crippen molar-refractivity contribution in [1.82, 2.24) is 5.32 Å². The van der Waals surface area contributed by atoms with E-state index in [-0.39, 0.29) is 25.1 Å². The van der Waals surface area contributed by atoms with E-state index in [9.17, 15) is 13.2 Å². The van der Waals surface area contributed by atoms with Gasteiger partial charge >= 0.3 is 0 Å². The molecule has 2 aromatic rings. The summed E-state index contributed by atoms with van der Waals surface area (Å²) < 4.78 is 31.6. The summed E-state index contributed by atoms with van der Waals surface area (Å²) in [6.07, 6.45) is 1.05. The van der Waals surface area contributed by atoms with Gasteiger partial charge in [-0.2, -0.15) is 0 Å². The number of rotatable bonds is 8. The van der Waals surface area contributed by atoms with Crippen molar-refractivity contribution in [1.29, 1.82) is 0 Å². The van der Waals surface area contributed by atoms with E-state index < -0.39 is 10.0 Å². The van der Waals surface area contributed by atoms with Gasteiger partial charge in [0.25, 0.3) is 5.91 Å². The first-order valence-electron chi connectivity index (χ1n) is 8.76. The highest BCUT2D eigenvalue weighted by molar-refractivity contribution is 7.92. The van der Waals surface area contributed by atoms with Crippen molar-refractivity contribution in [2.24, 2.45) is 0 Å². The van der Waals surface area contributed by atoms with Gasteiger partial charge in [0.05, 0.1) is 24.6 Å². The van der Waals surface area contributed by atoms with Gasteiger partial charge < -0.3 is 10.1 Å². The molecule has 0 aromatic heterocycles. The summed E-state index contributed by atoms with van der Waals surface area (Å²) in [7, 11) is -3.54. The van der Waals surface area contributed by atoms with Crippen molar-refractivity contribution in [3.05, 3.63) is 59.7 Å². The topological polar surface area (TPSA) is 75.7 Å². The molecular weight excluding hydrogens is 364 g/mol. The number of aryl methyl sites for hydroxylation is 1. The van der Waals surface area contributed by atoms with Crippen molar-refractivity contribution in [2.75, 3.05) is 23.7 Å². The Bertz CT molecular complexity index is 894. The van der Waals surface area contributed by atoms with Gasteiger partial charge in [-0.3, -0.25) is 9.10 Å². The lowest BCUT2D eigenvalue weighted by Gasteiger charge is -2.25. The number of nitrogens with one attached hydrogen (secondary N) is 1. The van der Waals surface area contributed by atoms with Crippen LogP contribution in [0.25, 0.3) is 0 Å². The predicted molar refractivity (Wildman–Crippen MR) is 108 cm³/mol. The van der Waals surface area contributed by atoms with Crippen LogP contribution in [0.4, 0.5) is 5.69 Å². The lowest BCUT2D eigenvalue weighted by atomic mass is 10.1. The molecule has 0 aliphatic rings. The standard InChI is InChI=1S/C20H26N2O4S/c1-15(2)26-19-11-6-5-10-18(19)22(27(4,24)25)13-12-21-20(23)17-9-7-8-16(3)14-17/h5-11,14-15H,12-13H2,1-4H3,(H,21,23). The van der Waals surface area contributed by atoms with Crippen LogP contribution in [-0.4, -0.2) is 39.8 Å². The number of ether oxygens (including phenoxy) is 1. The molecule has 0 fully saturated rings. The fraction of sp³-hybridized carbons (Fsp3) is 0.350. The molecule has 0 unspecified atom stereocenters. The average Bonchev–Trinajstić information content (AvgIpc) is 2.58. The number of carbonyl (C=O) groups excluding carboxylic acids is 1. The molecule has 0 saturated heterocycles. The van der Waals surface area contributed by atoms with Crippen molar-refractivity contribution in [3.8, 4) is 5.75 Å². The molecular formula is C20H26N2O4S. The van der Waals surface area contributed by atoms with Crippen LogP contribution in [0.2, 0.25) is 0 Å². The molecule has 0 spiro atoms. The smallest absolute Gasteiger partial charge is 0.251 e. The van der Waals surface area contributed by atoms with Gasteiger partial charge in [0.1, 0.15) is 5.75 Å². The summed E-state index contributed by atoms with van der Waals surface area (Å²) in [5.41, 5.74) is 1.99. The monoisotopic (exact) mass is 390 g/mol. The molecule has 1 N–H and O–H groups in total. The molecule has 0 bridgehead atoms. The van der Waals surface area contributed by atoms with Crippen molar-refractivity contribution < 1.29 is 17.9 Å². The molecule has 6 nitrogen and oxygen atoms in total. The van der Waals surface area contributed by atoms with E-state index in [4.69, 9.17) is 4.74 Å². The van der Waals surface area contributed by atoms with Gasteiger partial charge in [0.15, 0.2) is 0 Å². The quantitative estimate of drug-likeness (QED) is 0.752. The van der Waals surface area contributed by atoms with Crippen molar-refractivity contribution >= 4 is 21.6 Å². The summed E-state index contributed by atoms with van der Waals surface area (Å²) in [6.45, 7) is 5.95. The highest BCUT2D eigenvalue weighted by Crippen LogP contribution is 2.30. The molecule has 0 saturated carbocycles. The van der Waals surface area contributed by atoms with Crippen molar-refractivity contribution in [2.45, 2.75) is 26.9 Å². The van der Waals surface area contributed by atoms with E-state index in [1.807, 2.05) is 32.9 Å². The van der Waals surface area contributed by atoms with Crippen LogP contribution in [0.5, 0.6) is 5.75 Å². The Morgan fingerprint density at radius 3 is 2.48 bits per heavy atom. The van der Waals surface area contributed by atoms with E-state index in [2.05, 4.69) is 5.32 Å². The molecule has 0 radical (unpaired) electrons. The van der Waals surface area contributed by atoms with Crippen LogP contribution >= 0.6 is 0 Å². The number of nitrogens with zero attached hydrogens (tertiary/aromatic N) is 1. The molecule has 146 valence electrons. The zero-order valence-electron chi connectivity index (χ0n) is 16.1.